The van der Waals surface area contributed by atoms with Crippen LogP contribution in [-0.2, 0) is 0 Å². The van der Waals surface area contributed by atoms with Crippen molar-refractivity contribution in [2.45, 2.75) is 26.1 Å². The molecule has 0 bridgehead atoms. The number of hydrogen-bond donors (Lipinski definition) is 4. The molecule has 0 saturated carbocycles. The molecule has 4 nitrogen and oxygen atoms in total. The summed E-state index contributed by atoms with van der Waals surface area (Å²) in [5.74, 6) is 0.543. The van der Waals surface area contributed by atoms with E-state index in [9.17, 15) is 0 Å². The highest BCUT2D eigenvalue weighted by molar-refractivity contribution is 6.04. The SMILES string of the molecule is CNC(CCN[SiH3])(NC)NCC(C)C. The van der Waals surface area contributed by atoms with Crippen molar-refractivity contribution in [1.29, 1.82) is 0 Å². The van der Waals surface area contributed by atoms with E-state index in [1.165, 1.54) is 0 Å². The van der Waals surface area contributed by atoms with Gasteiger partial charge in [0.05, 0.1) is 10.4 Å². The Morgan fingerprint density at radius 1 is 1.21 bits per heavy atom. The normalized spacial score (nSPS) is 12.6. The zero-order valence-corrected chi connectivity index (χ0v) is 12.2. The van der Waals surface area contributed by atoms with Gasteiger partial charge in [-0.25, -0.2) is 0 Å². The quantitative estimate of drug-likeness (QED) is 0.299. The van der Waals surface area contributed by atoms with Gasteiger partial charge in [0.15, 0.2) is 0 Å². The van der Waals surface area contributed by atoms with E-state index in [-0.39, 0.29) is 5.79 Å². The molecule has 0 aromatic heterocycles. The highest BCUT2D eigenvalue weighted by atomic mass is 28.2. The van der Waals surface area contributed by atoms with E-state index in [1.807, 2.05) is 14.1 Å². The predicted octanol–water partition coefficient (Wildman–Crippen LogP) is -1.42. The second kappa shape index (κ2) is 7.36. The lowest BCUT2D eigenvalue weighted by Gasteiger charge is -2.35. The third-order valence-electron chi connectivity index (χ3n) is 2.42. The lowest BCUT2D eigenvalue weighted by Crippen LogP contribution is -2.65. The van der Waals surface area contributed by atoms with E-state index in [2.05, 4.69) is 34.8 Å². The van der Waals surface area contributed by atoms with Gasteiger partial charge in [-0.3, -0.25) is 16.0 Å². The molecule has 0 amide bonds. The lowest BCUT2D eigenvalue weighted by molar-refractivity contribution is 0.204. The van der Waals surface area contributed by atoms with Crippen molar-refractivity contribution < 1.29 is 0 Å². The van der Waals surface area contributed by atoms with Crippen molar-refractivity contribution >= 4 is 10.4 Å². The molecule has 86 valence electrons. The van der Waals surface area contributed by atoms with Crippen LogP contribution in [0.5, 0.6) is 0 Å². The first-order valence-electron chi connectivity index (χ1n) is 5.37. The van der Waals surface area contributed by atoms with Crippen LogP contribution in [0.1, 0.15) is 20.3 Å². The molecule has 5 heteroatoms. The fourth-order valence-corrected chi connectivity index (χ4v) is 1.58. The van der Waals surface area contributed by atoms with E-state index in [4.69, 9.17) is 0 Å². The van der Waals surface area contributed by atoms with E-state index in [0.29, 0.717) is 5.92 Å². The van der Waals surface area contributed by atoms with Crippen molar-refractivity contribution in [1.82, 2.24) is 20.9 Å². The Morgan fingerprint density at radius 2 is 1.79 bits per heavy atom. The first-order chi connectivity index (χ1) is 6.60. The molecule has 0 spiro atoms. The van der Waals surface area contributed by atoms with Gasteiger partial charge >= 0.3 is 0 Å². The first-order valence-corrected chi connectivity index (χ1v) is 6.37. The van der Waals surface area contributed by atoms with Crippen LogP contribution in [0.3, 0.4) is 0 Å². The maximum absolute atomic E-state index is 3.52. The molecule has 0 heterocycles. The zero-order chi connectivity index (χ0) is 11.0. The number of rotatable bonds is 8. The van der Waals surface area contributed by atoms with E-state index in [1.54, 1.807) is 0 Å². The Bertz CT molecular complexity index is 137. The van der Waals surface area contributed by atoms with Crippen LogP contribution in [0.2, 0.25) is 0 Å². The molecule has 0 fully saturated rings. The average Bonchev–Trinajstić information content (AvgIpc) is 2.19. The molecule has 0 atom stereocenters. The summed E-state index contributed by atoms with van der Waals surface area (Å²) in [6.07, 6.45) is 1.04. The van der Waals surface area contributed by atoms with Crippen LogP contribution >= 0.6 is 0 Å². The molecule has 0 aromatic rings. The van der Waals surface area contributed by atoms with Gasteiger partial charge in [0.2, 0.25) is 0 Å². The third kappa shape index (κ3) is 5.07. The van der Waals surface area contributed by atoms with Crippen molar-refractivity contribution in [3.63, 3.8) is 0 Å². The topological polar surface area (TPSA) is 48.1 Å². The van der Waals surface area contributed by atoms with Crippen molar-refractivity contribution in [3.8, 4) is 0 Å². The van der Waals surface area contributed by atoms with Crippen LogP contribution in [-0.4, -0.2) is 43.4 Å². The van der Waals surface area contributed by atoms with Crippen LogP contribution in [0, 0.1) is 5.92 Å². The van der Waals surface area contributed by atoms with Crippen LogP contribution < -0.4 is 20.9 Å². The summed E-state index contributed by atoms with van der Waals surface area (Å²) >= 11 is 0. The van der Waals surface area contributed by atoms with Crippen LogP contribution in [0.25, 0.3) is 0 Å². The highest BCUT2D eigenvalue weighted by Crippen LogP contribution is 2.01. The number of hydrogen-bond acceptors (Lipinski definition) is 4. The second-order valence-electron chi connectivity index (χ2n) is 4.03. The van der Waals surface area contributed by atoms with Crippen molar-refractivity contribution in [2.75, 3.05) is 27.2 Å². The summed E-state index contributed by atoms with van der Waals surface area (Å²) in [4.78, 5) is 3.30. The molecule has 0 aliphatic carbocycles. The molecule has 4 N–H and O–H groups in total. The van der Waals surface area contributed by atoms with Gasteiger partial charge in [-0.1, -0.05) is 13.8 Å². The van der Waals surface area contributed by atoms with Gasteiger partial charge in [0.25, 0.3) is 0 Å². The molecule has 0 saturated heterocycles. The maximum Gasteiger partial charge on any atom is 0.124 e. The lowest BCUT2D eigenvalue weighted by atomic mass is 10.1. The summed E-state index contributed by atoms with van der Waals surface area (Å²) in [5.41, 5.74) is 0. The first kappa shape index (κ1) is 14.1. The maximum atomic E-state index is 3.52. The van der Waals surface area contributed by atoms with Crippen LogP contribution in [0.4, 0.5) is 0 Å². The molecule has 0 radical (unpaired) electrons. The second-order valence-corrected chi connectivity index (χ2v) is 4.74. The van der Waals surface area contributed by atoms with Gasteiger partial charge in [0, 0.05) is 13.0 Å². The Kier molecular flexibility index (Phi) is 7.39. The summed E-state index contributed by atoms with van der Waals surface area (Å²) in [6, 6.07) is 0. The molecule has 0 rings (SSSR count). The summed E-state index contributed by atoms with van der Waals surface area (Å²) in [5, 5.41) is 10.1. The van der Waals surface area contributed by atoms with E-state index < -0.39 is 0 Å². The summed E-state index contributed by atoms with van der Waals surface area (Å²) in [7, 11) is 5.02. The Morgan fingerprint density at radius 3 is 2.14 bits per heavy atom. The van der Waals surface area contributed by atoms with E-state index in [0.717, 1.165) is 29.9 Å². The smallest absolute Gasteiger partial charge is 0.124 e. The summed E-state index contributed by atoms with van der Waals surface area (Å²) in [6.45, 7) is 6.49. The minimum atomic E-state index is -0.123. The average molecular weight is 218 g/mol. The largest absolute Gasteiger partial charge is 0.345 e. The van der Waals surface area contributed by atoms with Gasteiger partial charge < -0.3 is 4.98 Å². The van der Waals surface area contributed by atoms with Crippen molar-refractivity contribution in [2.24, 2.45) is 5.92 Å². The standard InChI is InChI=1S/C9H26N4Si/c1-8(2)7-12-9(10-3,11-4)5-6-13-14/h8,10-13H,5-7H2,1-4,14H3. The third-order valence-corrected chi connectivity index (χ3v) is 2.92. The molecule has 14 heavy (non-hydrogen) atoms. The monoisotopic (exact) mass is 218 g/mol. The Labute approximate surface area is 91.1 Å². The minimum absolute atomic E-state index is 0.123. The highest BCUT2D eigenvalue weighted by Gasteiger charge is 2.24. The molecular formula is C9H26N4Si. The molecule has 0 aliphatic heterocycles. The summed E-state index contributed by atoms with van der Waals surface area (Å²) < 4.78 is 0. The fraction of sp³-hybridized carbons (Fsp3) is 1.00. The molecule has 0 aromatic carbocycles. The fourth-order valence-electron chi connectivity index (χ4n) is 1.33. The molecular weight excluding hydrogens is 192 g/mol. The Balaban J connectivity index is 4.07. The van der Waals surface area contributed by atoms with Crippen LogP contribution in [0.15, 0.2) is 0 Å². The van der Waals surface area contributed by atoms with Gasteiger partial charge in [-0.05, 0) is 26.6 Å². The van der Waals surface area contributed by atoms with Crippen molar-refractivity contribution in [3.05, 3.63) is 0 Å². The number of nitrogens with one attached hydrogen (secondary N) is 4. The zero-order valence-electron chi connectivity index (χ0n) is 10.2. The van der Waals surface area contributed by atoms with E-state index >= 15 is 0 Å². The minimum Gasteiger partial charge on any atom is -0.345 e. The molecule has 0 unspecified atom stereocenters. The van der Waals surface area contributed by atoms with Gasteiger partial charge in [-0.15, -0.1) is 0 Å². The van der Waals surface area contributed by atoms with Gasteiger partial charge in [0.1, 0.15) is 5.79 Å². The molecule has 0 aliphatic rings. The van der Waals surface area contributed by atoms with Gasteiger partial charge in [-0.2, -0.15) is 0 Å². The predicted molar refractivity (Wildman–Crippen MR) is 66.2 cm³/mol. The Hall–Kier alpha value is 0.0569.